The first-order valence-corrected chi connectivity index (χ1v) is 11.4. The molecule has 1 aromatic heterocycles. The second-order valence-corrected chi connectivity index (χ2v) is 8.50. The first-order valence-electron chi connectivity index (χ1n) is 11.4. The third-order valence-electron chi connectivity index (χ3n) is 6.08. The van der Waals surface area contributed by atoms with Crippen LogP contribution in [0.2, 0.25) is 0 Å². The van der Waals surface area contributed by atoms with Crippen molar-refractivity contribution >= 4 is 29.0 Å². The van der Waals surface area contributed by atoms with Gasteiger partial charge in [-0.1, -0.05) is 36.4 Å². The minimum Gasteiger partial charge on any atom is -0.322 e. The number of benzene rings is 3. The molecule has 0 radical (unpaired) electrons. The lowest BCUT2D eigenvalue weighted by molar-refractivity contribution is 0.0933. The van der Waals surface area contributed by atoms with Gasteiger partial charge in [0.1, 0.15) is 5.69 Å². The van der Waals surface area contributed by atoms with Crippen LogP contribution in [0.1, 0.15) is 49.3 Å². The molecule has 8 heteroatoms. The topological polar surface area (TPSA) is 108 Å². The number of hydrogen-bond acceptors (Lipinski definition) is 5. The Morgan fingerprint density at radius 1 is 1.00 bits per heavy atom. The van der Waals surface area contributed by atoms with Crippen molar-refractivity contribution in [2.45, 2.75) is 19.5 Å². The Balaban J connectivity index is 1.41. The molecule has 1 N–H and O–H groups in total. The van der Waals surface area contributed by atoms with Gasteiger partial charge in [0.25, 0.3) is 11.8 Å². The maximum Gasteiger partial charge on any atom is 0.277 e. The molecule has 36 heavy (non-hydrogen) atoms. The molecule has 0 spiro atoms. The molecule has 8 nitrogen and oxygen atoms in total. The van der Waals surface area contributed by atoms with Gasteiger partial charge >= 0.3 is 0 Å². The molecule has 4 aromatic rings. The van der Waals surface area contributed by atoms with E-state index in [1.54, 1.807) is 65.6 Å². The summed E-state index contributed by atoms with van der Waals surface area (Å²) in [5.41, 5.74) is 2.93. The molecule has 1 aliphatic heterocycles. The number of nitrogens with one attached hydrogen (secondary N) is 1. The van der Waals surface area contributed by atoms with Crippen LogP contribution in [-0.2, 0) is 6.54 Å². The Labute approximate surface area is 207 Å². The van der Waals surface area contributed by atoms with Gasteiger partial charge < -0.3 is 10.2 Å². The molecule has 5 rings (SSSR count). The average molecular weight is 476 g/mol. The molecule has 0 bridgehead atoms. The van der Waals surface area contributed by atoms with Crippen molar-refractivity contribution in [3.8, 4) is 6.07 Å². The number of fused-ring (bicyclic) bond motifs is 1. The third kappa shape index (κ3) is 4.14. The molecule has 3 aromatic carbocycles. The Kier molecular flexibility index (Phi) is 5.88. The second-order valence-electron chi connectivity index (χ2n) is 8.50. The molecule has 2 heterocycles. The van der Waals surface area contributed by atoms with Crippen molar-refractivity contribution in [1.29, 1.82) is 5.26 Å². The molecule has 1 aliphatic rings. The summed E-state index contributed by atoms with van der Waals surface area (Å²) in [5.74, 6) is -0.944. The zero-order valence-corrected chi connectivity index (χ0v) is 19.4. The summed E-state index contributed by atoms with van der Waals surface area (Å²) in [5, 5.41) is 16.1. The van der Waals surface area contributed by atoms with E-state index in [9.17, 15) is 14.4 Å². The fourth-order valence-corrected chi connectivity index (χ4v) is 4.33. The number of carbonyl (C=O) groups excluding carboxylic acids is 3. The van der Waals surface area contributed by atoms with Crippen LogP contribution in [-0.4, -0.2) is 33.4 Å². The molecule has 0 saturated carbocycles. The first-order chi connectivity index (χ1) is 17.5. The lowest BCUT2D eigenvalue weighted by Gasteiger charge is -2.34. The predicted octanol–water partition coefficient (Wildman–Crippen LogP) is 4.29. The number of amides is 2. The van der Waals surface area contributed by atoms with Crippen LogP contribution in [0.3, 0.4) is 0 Å². The van der Waals surface area contributed by atoms with E-state index in [4.69, 9.17) is 5.26 Å². The van der Waals surface area contributed by atoms with Gasteiger partial charge in [-0.15, -0.1) is 0 Å². The van der Waals surface area contributed by atoms with Gasteiger partial charge in [0.15, 0.2) is 5.78 Å². The molecular formula is C28H21N5O3. The number of nitrogens with zero attached hydrogens (tertiary/aromatic N) is 4. The van der Waals surface area contributed by atoms with E-state index in [1.165, 1.54) is 10.9 Å². The number of anilines is 2. The van der Waals surface area contributed by atoms with Crippen molar-refractivity contribution in [2.75, 3.05) is 10.2 Å². The highest BCUT2D eigenvalue weighted by Crippen LogP contribution is 2.28. The van der Waals surface area contributed by atoms with Crippen LogP contribution in [0.5, 0.6) is 0 Å². The second kappa shape index (κ2) is 9.31. The smallest absolute Gasteiger partial charge is 0.277 e. The van der Waals surface area contributed by atoms with Crippen LogP contribution in [0.25, 0.3) is 0 Å². The van der Waals surface area contributed by atoms with Crippen molar-refractivity contribution in [3.63, 3.8) is 0 Å². The van der Waals surface area contributed by atoms with Crippen molar-refractivity contribution in [1.82, 2.24) is 9.78 Å². The van der Waals surface area contributed by atoms with Gasteiger partial charge in [0.2, 0.25) is 0 Å². The number of ketones is 1. The summed E-state index contributed by atoms with van der Waals surface area (Å²) in [6.07, 6.45) is 1.38. The molecule has 176 valence electrons. The maximum absolute atomic E-state index is 13.6. The highest BCUT2D eigenvalue weighted by molar-refractivity contribution is 6.16. The maximum atomic E-state index is 13.6. The van der Waals surface area contributed by atoms with E-state index in [0.717, 1.165) is 0 Å². The van der Waals surface area contributed by atoms with E-state index in [-0.39, 0.29) is 29.0 Å². The van der Waals surface area contributed by atoms with Crippen LogP contribution in [0.4, 0.5) is 11.4 Å². The molecule has 1 unspecified atom stereocenters. The number of aromatic nitrogens is 2. The van der Waals surface area contributed by atoms with E-state index in [0.29, 0.717) is 34.6 Å². The van der Waals surface area contributed by atoms with Crippen LogP contribution < -0.4 is 10.2 Å². The van der Waals surface area contributed by atoms with Gasteiger partial charge in [-0.2, -0.15) is 10.4 Å². The quantitative estimate of drug-likeness (QED) is 0.433. The van der Waals surface area contributed by atoms with Crippen LogP contribution >= 0.6 is 0 Å². The number of nitriles is 1. The first kappa shape index (κ1) is 22.7. The SMILES string of the molecule is CC1Cn2ncc(C(=O)Nc3cccc(C#N)c3)c2C(=O)N1c1ccc(C(=O)c2ccccc2)cc1. The Morgan fingerprint density at radius 2 is 1.72 bits per heavy atom. The average Bonchev–Trinajstić information content (AvgIpc) is 3.33. The van der Waals surface area contributed by atoms with Crippen molar-refractivity contribution in [2.24, 2.45) is 0 Å². The summed E-state index contributed by atoms with van der Waals surface area (Å²) < 4.78 is 1.54. The van der Waals surface area contributed by atoms with Gasteiger partial charge in [-0.3, -0.25) is 19.1 Å². The van der Waals surface area contributed by atoms with Gasteiger partial charge in [-0.25, -0.2) is 0 Å². The minimum atomic E-state index is -0.488. The fourth-order valence-electron chi connectivity index (χ4n) is 4.33. The minimum absolute atomic E-state index is 0.0994. The normalized spacial score (nSPS) is 14.6. The predicted molar refractivity (Wildman–Crippen MR) is 134 cm³/mol. The zero-order valence-electron chi connectivity index (χ0n) is 19.4. The largest absolute Gasteiger partial charge is 0.322 e. The van der Waals surface area contributed by atoms with Crippen molar-refractivity contribution < 1.29 is 14.4 Å². The van der Waals surface area contributed by atoms with Gasteiger partial charge in [-0.05, 0) is 49.4 Å². The number of rotatable bonds is 5. The molecule has 0 saturated heterocycles. The monoisotopic (exact) mass is 475 g/mol. The highest BCUT2D eigenvalue weighted by Gasteiger charge is 2.35. The lowest BCUT2D eigenvalue weighted by Crippen LogP contribution is -2.47. The van der Waals surface area contributed by atoms with E-state index < -0.39 is 5.91 Å². The summed E-state index contributed by atoms with van der Waals surface area (Å²) in [4.78, 5) is 41.0. The Hall–Kier alpha value is -5.03. The van der Waals surface area contributed by atoms with Crippen LogP contribution in [0, 0.1) is 11.3 Å². The summed E-state index contributed by atoms with van der Waals surface area (Å²) in [7, 11) is 0. The fraction of sp³-hybridized carbons (Fsp3) is 0.107. The third-order valence-corrected chi connectivity index (χ3v) is 6.08. The summed E-state index contributed by atoms with van der Waals surface area (Å²) in [6, 6.07) is 24.2. The van der Waals surface area contributed by atoms with E-state index in [2.05, 4.69) is 10.4 Å². The molecule has 1 atom stereocenters. The number of hydrogen-bond donors (Lipinski definition) is 1. The van der Waals surface area contributed by atoms with E-state index in [1.807, 2.05) is 31.2 Å². The zero-order chi connectivity index (χ0) is 25.2. The van der Waals surface area contributed by atoms with Crippen molar-refractivity contribution in [3.05, 3.63) is 113 Å². The molecule has 2 amide bonds. The Morgan fingerprint density at radius 3 is 2.44 bits per heavy atom. The molecular weight excluding hydrogens is 454 g/mol. The standard InChI is InChI=1S/C28H21N5O3/c1-18-17-32-25(24(16-30-32)27(35)31-22-9-5-6-19(14-22)15-29)28(36)33(18)23-12-10-21(11-13-23)26(34)20-7-3-2-4-8-20/h2-14,16,18H,17H2,1H3,(H,31,35). The summed E-state index contributed by atoms with van der Waals surface area (Å²) >= 11 is 0. The van der Waals surface area contributed by atoms with Gasteiger partial charge in [0.05, 0.1) is 36.0 Å². The molecule has 0 fully saturated rings. The lowest BCUT2D eigenvalue weighted by atomic mass is 10.0. The van der Waals surface area contributed by atoms with Gasteiger partial charge in [0, 0.05) is 22.5 Å². The Bertz CT molecular complexity index is 1520. The number of carbonyl (C=O) groups is 3. The van der Waals surface area contributed by atoms with E-state index >= 15 is 0 Å². The summed E-state index contributed by atoms with van der Waals surface area (Å²) in [6.45, 7) is 2.31. The molecule has 0 aliphatic carbocycles. The highest BCUT2D eigenvalue weighted by atomic mass is 16.2. The van der Waals surface area contributed by atoms with Crippen LogP contribution in [0.15, 0.2) is 85.1 Å².